The zero-order chi connectivity index (χ0) is 9.07. The van der Waals surface area contributed by atoms with Gasteiger partial charge in [-0.3, -0.25) is 0 Å². The van der Waals surface area contributed by atoms with Crippen LogP contribution in [0, 0.1) is 5.92 Å². The van der Waals surface area contributed by atoms with Crippen LogP contribution in [0.15, 0.2) is 0 Å². The first-order valence-corrected chi connectivity index (χ1v) is 6.07. The van der Waals surface area contributed by atoms with Crippen molar-refractivity contribution in [2.45, 2.75) is 33.3 Å². The van der Waals surface area contributed by atoms with E-state index in [1.807, 2.05) is 13.8 Å². The Morgan fingerprint density at radius 3 is 2.00 bits per heavy atom. The maximum Gasteiger partial charge on any atom is 2.00 e. The minimum absolute atomic E-state index is 0. The summed E-state index contributed by atoms with van der Waals surface area (Å²) in [5.74, 6) is 0.423. The van der Waals surface area contributed by atoms with Gasteiger partial charge in [0.25, 0.3) is 0 Å². The van der Waals surface area contributed by atoms with E-state index in [4.69, 9.17) is 0 Å². The number of hydrogen-bond donors (Lipinski definition) is 0. The van der Waals surface area contributed by atoms with Gasteiger partial charge in [-0.1, -0.05) is 20.6 Å². The molecular formula is C6H13CuO3PS. The molecule has 1 unspecified atom stereocenters. The third-order valence-electron chi connectivity index (χ3n) is 1.11. The molecule has 0 aliphatic rings. The zero-order valence-corrected chi connectivity index (χ0v) is 9.90. The standard InChI is InChI=1S/C6H15O3PS.Cu/c1-5(2)4-6(3)9-10(7,8)11;/h5-6H,4H2,1-3H3,(H2,7,8,11);/q;+2/p-2. The summed E-state index contributed by atoms with van der Waals surface area (Å²) in [6.45, 7) is 1.76. The van der Waals surface area contributed by atoms with Crippen molar-refractivity contribution in [3.63, 3.8) is 0 Å². The maximum absolute atomic E-state index is 10.4. The summed E-state index contributed by atoms with van der Waals surface area (Å²) in [5.41, 5.74) is 0. The van der Waals surface area contributed by atoms with Crippen molar-refractivity contribution in [1.82, 2.24) is 0 Å². The van der Waals surface area contributed by atoms with Crippen molar-refractivity contribution in [3.8, 4) is 0 Å². The summed E-state index contributed by atoms with van der Waals surface area (Å²) in [7, 11) is 0. The van der Waals surface area contributed by atoms with Gasteiger partial charge in [-0.15, -0.1) is 11.8 Å². The molecule has 77 valence electrons. The predicted octanol–water partition coefficient (Wildman–Crippen LogP) is 0.380. The predicted molar refractivity (Wildman–Crippen MR) is 44.3 cm³/mol. The summed E-state index contributed by atoms with van der Waals surface area (Å²) in [6, 6.07) is 0. The van der Waals surface area contributed by atoms with E-state index in [0.29, 0.717) is 12.3 Å². The molecule has 0 amide bonds. The molecule has 0 rings (SSSR count). The minimum Gasteiger partial charge on any atom is -0.812 e. The summed E-state index contributed by atoms with van der Waals surface area (Å²) < 4.78 is 4.56. The van der Waals surface area contributed by atoms with E-state index in [0.717, 1.165) is 0 Å². The molecule has 0 N–H and O–H groups in total. The summed E-state index contributed by atoms with van der Waals surface area (Å²) in [4.78, 5) is 20.9. The van der Waals surface area contributed by atoms with Crippen LogP contribution in [0.5, 0.6) is 0 Å². The molecule has 0 aromatic heterocycles. The molecule has 0 saturated carbocycles. The van der Waals surface area contributed by atoms with Crippen molar-refractivity contribution < 1.29 is 31.4 Å². The van der Waals surface area contributed by atoms with Gasteiger partial charge in [-0.05, 0) is 19.3 Å². The summed E-state index contributed by atoms with van der Waals surface area (Å²) in [5, 5.41) is 0. The molecule has 0 heterocycles. The van der Waals surface area contributed by atoms with Gasteiger partial charge in [-0.2, -0.15) is 0 Å². The normalized spacial score (nSPS) is 14.2. The molecule has 3 nitrogen and oxygen atoms in total. The van der Waals surface area contributed by atoms with Gasteiger partial charge in [0.1, 0.15) is 0 Å². The van der Waals surface area contributed by atoms with E-state index < -0.39 is 6.72 Å². The Hall–Kier alpha value is 1.05. The van der Waals surface area contributed by atoms with E-state index in [1.54, 1.807) is 6.92 Å². The van der Waals surface area contributed by atoms with Crippen LogP contribution in [0.4, 0.5) is 0 Å². The first-order valence-electron chi connectivity index (χ1n) is 3.51. The van der Waals surface area contributed by atoms with Gasteiger partial charge in [0.2, 0.25) is 0 Å². The summed E-state index contributed by atoms with van der Waals surface area (Å²) >= 11 is 4.09. The molecule has 0 saturated heterocycles. The molecule has 0 spiro atoms. The molecule has 0 aromatic carbocycles. The quantitative estimate of drug-likeness (QED) is 0.541. The van der Waals surface area contributed by atoms with Gasteiger partial charge in [0.05, 0.1) is 6.10 Å². The Morgan fingerprint density at radius 2 is 1.75 bits per heavy atom. The Kier molecular flexibility index (Phi) is 8.40. The third kappa shape index (κ3) is 11.0. The number of hydrogen-bond acceptors (Lipinski definition) is 4. The Bertz CT molecular complexity index is 159. The fourth-order valence-corrected chi connectivity index (χ4v) is 1.89. The van der Waals surface area contributed by atoms with Crippen LogP contribution >= 0.6 is 6.72 Å². The monoisotopic (exact) mass is 259 g/mol. The third-order valence-corrected chi connectivity index (χ3v) is 1.99. The first-order chi connectivity index (χ1) is 4.81. The molecule has 1 atom stereocenters. The molecule has 0 bridgehead atoms. The topological polar surface area (TPSA) is 55.3 Å². The second-order valence-corrected chi connectivity index (χ2v) is 5.44. The van der Waals surface area contributed by atoms with Crippen molar-refractivity contribution in [2.75, 3.05) is 0 Å². The van der Waals surface area contributed by atoms with Crippen LogP contribution < -0.4 is 9.79 Å². The van der Waals surface area contributed by atoms with Crippen LogP contribution in [-0.4, -0.2) is 6.10 Å². The number of rotatable bonds is 4. The average molecular weight is 260 g/mol. The smallest absolute Gasteiger partial charge is 0.812 e. The molecule has 0 aliphatic carbocycles. The average Bonchev–Trinajstić information content (AvgIpc) is 1.53. The van der Waals surface area contributed by atoms with Crippen LogP contribution in [0.1, 0.15) is 27.2 Å². The van der Waals surface area contributed by atoms with Gasteiger partial charge < -0.3 is 14.3 Å². The van der Waals surface area contributed by atoms with Crippen LogP contribution in [0.3, 0.4) is 0 Å². The van der Waals surface area contributed by atoms with E-state index in [2.05, 4.69) is 16.3 Å². The maximum atomic E-state index is 10.4. The van der Waals surface area contributed by atoms with E-state index in [-0.39, 0.29) is 23.2 Å². The largest absolute Gasteiger partial charge is 2.00 e. The van der Waals surface area contributed by atoms with Crippen molar-refractivity contribution in [2.24, 2.45) is 5.92 Å². The van der Waals surface area contributed by atoms with E-state index in [1.165, 1.54) is 0 Å². The van der Waals surface area contributed by atoms with Gasteiger partial charge >= 0.3 is 17.1 Å². The van der Waals surface area contributed by atoms with Crippen molar-refractivity contribution >= 4 is 18.5 Å². The first kappa shape index (κ1) is 15.5. The molecule has 0 aliphatic heterocycles. The second-order valence-electron chi connectivity index (χ2n) is 2.99. The molecule has 12 heavy (non-hydrogen) atoms. The van der Waals surface area contributed by atoms with E-state index >= 15 is 0 Å². The van der Waals surface area contributed by atoms with Gasteiger partial charge in [-0.25, -0.2) is 0 Å². The SMILES string of the molecule is CC(C)CC(C)OP([O-])([O-])=S.[Cu+2]. The fraction of sp³-hybridized carbons (Fsp3) is 1.00. The Balaban J connectivity index is 0. The fourth-order valence-electron chi connectivity index (χ4n) is 0.927. The van der Waals surface area contributed by atoms with Crippen molar-refractivity contribution in [1.29, 1.82) is 0 Å². The van der Waals surface area contributed by atoms with Crippen LogP contribution in [0.25, 0.3) is 0 Å². The summed E-state index contributed by atoms with van der Waals surface area (Å²) in [6.07, 6.45) is 0.416. The zero-order valence-electron chi connectivity index (χ0n) is 7.24. The molecule has 0 aromatic rings. The minimum atomic E-state index is -3.94. The molecule has 1 radical (unpaired) electrons. The van der Waals surface area contributed by atoms with Gasteiger partial charge in [0.15, 0.2) is 0 Å². The molecule has 0 fully saturated rings. The Morgan fingerprint density at radius 1 is 1.33 bits per heavy atom. The van der Waals surface area contributed by atoms with Crippen molar-refractivity contribution in [3.05, 3.63) is 0 Å². The van der Waals surface area contributed by atoms with Crippen LogP contribution in [0.2, 0.25) is 0 Å². The second kappa shape index (κ2) is 6.50. The molecule has 6 heteroatoms. The van der Waals surface area contributed by atoms with Gasteiger partial charge in [0, 0.05) is 0 Å². The van der Waals surface area contributed by atoms with E-state index in [9.17, 15) is 9.79 Å². The molecular weight excluding hydrogens is 247 g/mol. The Labute approximate surface area is 89.2 Å². The van der Waals surface area contributed by atoms with Crippen LogP contribution in [-0.2, 0) is 33.4 Å².